The fourth-order valence-corrected chi connectivity index (χ4v) is 3.14. The molecule has 0 aromatic heterocycles. The molecule has 134 valence electrons. The van der Waals surface area contributed by atoms with Gasteiger partial charge in [-0.15, -0.1) is 0 Å². The lowest BCUT2D eigenvalue weighted by Gasteiger charge is -2.39. The van der Waals surface area contributed by atoms with E-state index in [0.717, 1.165) is 43.5 Å². The molecule has 6 nitrogen and oxygen atoms in total. The molecule has 2 aliphatic heterocycles. The SMILES string of the molecule is C=N/C(=C\N=C(C)Cl)N1CCN(C(C)c2ccc3c(c2)OCO3)CC1. The highest BCUT2D eigenvalue weighted by atomic mass is 35.5. The third-order valence-corrected chi connectivity index (χ3v) is 4.68. The standard InChI is InChI=1S/C18H23ClN4O2/c1-13(15-4-5-16-17(10-15)25-12-24-16)22-6-8-23(9-7-22)18(20-3)11-21-14(2)19/h4-5,10-11,13H,3,6-9,12H2,1-2H3/b18-11+,21-14?. The van der Waals surface area contributed by atoms with Gasteiger partial charge in [0, 0.05) is 32.2 Å². The van der Waals surface area contributed by atoms with Crippen molar-refractivity contribution in [2.45, 2.75) is 19.9 Å². The molecule has 0 radical (unpaired) electrons. The fourth-order valence-electron chi connectivity index (χ4n) is 3.09. The van der Waals surface area contributed by atoms with Crippen LogP contribution in [0.1, 0.15) is 25.5 Å². The summed E-state index contributed by atoms with van der Waals surface area (Å²) in [5.41, 5.74) is 1.23. The highest BCUT2D eigenvalue weighted by Gasteiger charge is 2.24. The number of nitrogens with zero attached hydrogens (tertiary/aromatic N) is 4. The molecule has 1 fully saturated rings. The van der Waals surface area contributed by atoms with Gasteiger partial charge in [-0.3, -0.25) is 4.90 Å². The van der Waals surface area contributed by atoms with Crippen LogP contribution in [0.15, 0.2) is 40.2 Å². The minimum absolute atomic E-state index is 0.305. The number of aliphatic imine (C=N–C) groups is 2. The summed E-state index contributed by atoms with van der Waals surface area (Å²) in [5.74, 6) is 2.41. The summed E-state index contributed by atoms with van der Waals surface area (Å²) >= 11 is 5.79. The van der Waals surface area contributed by atoms with Crippen molar-refractivity contribution >= 4 is 23.5 Å². The zero-order chi connectivity index (χ0) is 17.8. The Kier molecular flexibility index (Phi) is 5.60. The zero-order valence-electron chi connectivity index (χ0n) is 14.6. The van der Waals surface area contributed by atoms with Crippen molar-refractivity contribution in [2.75, 3.05) is 33.0 Å². The third-order valence-electron chi connectivity index (χ3n) is 4.58. The molecule has 0 aliphatic carbocycles. The number of fused-ring (bicyclic) bond motifs is 1. The molecule has 1 saturated heterocycles. The Bertz CT molecular complexity index is 692. The Labute approximate surface area is 153 Å². The second kappa shape index (κ2) is 7.89. The van der Waals surface area contributed by atoms with Crippen LogP contribution in [-0.2, 0) is 0 Å². The lowest BCUT2D eigenvalue weighted by Crippen LogP contribution is -2.46. The number of hydrogen-bond acceptors (Lipinski definition) is 6. The smallest absolute Gasteiger partial charge is 0.231 e. The van der Waals surface area contributed by atoms with E-state index in [1.807, 2.05) is 6.07 Å². The van der Waals surface area contributed by atoms with Gasteiger partial charge in [0.1, 0.15) is 11.0 Å². The van der Waals surface area contributed by atoms with Crippen LogP contribution in [0.3, 0.4) is 0 Å². The van der Waals surface area contributed by atoms with Gasteiger partial charge >= 0.3 is 0 Å². The quantitative estimate of drug-likeness (QED) is 0.754. The number of ether oxygens (including phenoxy) is 2. The first kappa shape index (κ1) is 17.8. The Morgan fingerprint density at radius 2 is 1.96 bits per heavy atom. The molecule has 0 N–H and O–H groups in total. The molecule has 1 aromatic rings. The van der Waals surface area contributed by atoms with E-state index in [9.17, 15) is 0 Å². The molecule has 1 unspecified atom stereocenters. The van der Waals surface area contributed by atoms with Crippen LogP contribution in [0.25, 0.3) is 0 Å². The van der Waals surface area contributed by atoms with E-state index in [1.54, 1.807) is 13.1 Å². The molecule has 2 aliphatic rings. The van der Waals surface area contributed by atoms with Crippen LogP contribution in [0.2, 0.25) is 0 Å². The fraction of sp³-hybridized carbons (Fsp3) is 0.444. The molecule has 3 rings (SSSR count). The summed E-state index contributed by atoms with van der Waals surface area (Å²) < 4.78 is 10.9. The van der Waals surface area contributed by atoms with Crippen molar-refractivity contribution < 1.29 is 9.47 Å². The van der Waals surface area contributed by atoms with E-state index in [1.165, 1.54) is 5.56 Å². The van der Waals surface area contributed by atoms with E-state index >= 15 is 0 Å². The molecule has 7 heteroatoms. The monoisotopic (exact) mass is 362 g/mol. The van der Waals surface area contributed by atoms with Gasteiger partial charge in [-0.25, -0.2) is 9.98 Å². The minimum Gasteiger partial charge on any atom is -0.454 e. The molecule has 1 atom stereocenters. The van der Waals surface area contributed by atoms with Crippen LogP contribution >= 0.6 is 11.6 Å². The highest BCUT2D eigenvalue weighted by Crippen LogP contribution is 2.35. The van der Waals surface area contributed by atoms with E-state index in [2.05, 4.69) is 45.6 Å². The van der Waals surface area contributed by atoms with Crippen LogP contribution in [0.4, 0.5) is 0 Å². The van der Waals surface area contributed by atoms with Gasteiger partial charge in [0.2, 0.25) is 6.79 Å². The molecule has 25 heavy (non-hydrogen) atoms. The first-order chi connectivity index (χ1) is 12.1. The summed E-state index contributed by atoms with van der Waals surface area (Å²) in [4.78, 5) is 12.8. The first-order valence-corrected chi connectivity index (χ1v) is 8.71. The minimum atomic E-state index is 0.305. The number of rotatable bonds is 5. The predicted octanol–water partition coefficient (Wildman–Crippen LogP) is 3.25. The summed E-state index contributed by atoms with van der Waals surface area (Å²) in [6.07, 6.45) is 1.67. The number of halogens is 1. The molecule has 0 bridgehead atoms. The molecule has 2 heterocycles. The maximum absolute atomic E-state index is 5.79. The largest absolute Gasteiger partial charge is 0.454 e. The van der Waals surface area contributed by atoms with Gasteiger partial charge in [-0.1, -0.05) is 17.7 Å². The average molecular weight is 363 g/mol. The second-order valence-electron chi connectivity index (χ2n) is 6.08. The van der Waals surface area contributed by atoms with E-state index in [0.29, 0.717) is 18.0 Å². The Morgan fingerprint density at radius 3 is 2.64 bits per heavy atom. The van der Waals surface area contributed by atoms with Crippen LogP contribution in [0.5, 0.6) is 11.5 Å². The van der Waals surface area contributed by atoms with Gasteiger partial charge in [0.15, 0.2) is 11.5 Å². The summed E-state index contributed by atoms with van der Waals surface area (Å²) in [6, 6.07) is 6.48. The Morgan fingerprint density at radius 1 is 1.24 bits per heavy atom. The molecule has 0 spiro atoms. The van der Waals surface area contributed by atoms with Crippen LogP contribution in [0, 0.1) is 0 Å². The molecular weight excluding hydrogens is 340 g/mol. The molecule has 0 saturated carbocycles. The molecule has 0 amide bonds. The van der Waals surface area contributed by atoms with Gasteiger partial charge in [-0.05, 0) is 38.3 Å². The summed E-state index contributed by atoms with van der Waals surface area (Å²) in [5, 5.41) is 0.483. The van der Waals surface area contributed by atoms with Crippen molar-refractivity contribution in [1.29, 1.82) is 0 Å². The van der Waals surface area contributed by atoms with Gasteiger partial charge in [0.25, 0.3) is 0 Å². The number of piperazine rings is 1. The van der Waals surface area contributed by atoms with Gasteiger partial charge in [0.05, 0.1) is 6.20 Å². The van der Waals surface area contributed by atoms with Crippen molar-refractivity contribution in [1.82, 2.24) is 9.80 Å². The number of benzene rings is 1. The van der Waals surface area contributed by atoms with Crippen molar-refractivity contribution in [3.05, 3.63) is 35.8 Å². The Balaban J connectivity index is 1.62. The lowest BCUT2D eigenvalue weighted by molar-refractivity contribution is 0.122. The van der Waals surface area contributed by atoms with E-state index in [-0.39, 0.29) is 0 Å². The molecular formula is C18H23ClN4O2. The lowest BCUT2D eigenvalue weighted by atomic mass is 10.1. The van der Waals surface area contributed by atoms with Gasteiger partial charge in [-0.2, -0.15) is 0 Å². The highest BCUT2D eigenvalue weighted by molar-refractivity contribution is 6.64. The first-order valence-electron chi connectivity index (χ1n) is 8.34. The van der Waals surface area contributed by atoms with E-state index < -0.39 is 0 Å². The van der Waals surface area contributed by atoms with Gasteiger partial charge < -0.3 is 14.4 Å². The normalized spacial score (nSPS) is 19.9. The Hall–Kier alpha value is -2.05. The van der Waals surface area contributed by atoms with Crippen molar-refractivity contribution in [3.8, 4) is 11.5 Å². The second-order valence-corrected chi connectivity index (χ2v) is 6.63. The van der Waals surface area contributed by atoms with E-state index in [4.69, 9.17) is 21.1 Å². The maximum atomic E-state index is 5.79. The summed E-state index contributed by atoms with van der Waals surface area (Å²) in [6.45, 7) is 11.5. The predicted molar refractivity (Wildman–Crippen MR) is 101 cm³/mol. The maximum Gasteiger partial charge on any atom is 0.231 e. The van der Waals surface area contributed by atoms with Crippen LogP contribution < -0.4 is 9.47 Å². The molecule has 1 aromatic carbocycles. The van der Waals surface area contributed by atoms with Crippen molar-refractivity contribution in [2.24, 2.45) is 9.98 Å². The van der Waals surface area contributed by atoms with Crippen LogP contribution in [-0.4, -0.2) is 54.7 Å². The van der Waals surface area contributed by atoms with Crippen molar-refractivity contribution in [3.63, 3.8) is 0 Å². The third kappa shape index (κ3) is 4.14. The average Bonchev–Trinajstić information content (AvgIpc) is 3.09. The zero-order valence-corrected chi connectivity index (χ0v) is 15.4. The summed E-state index contributed by atoms with van der Waals surface area (Å²) in [7, 11) is 0. The number of hydrogen-bond donors (Lipinski definition) is 0. The topological polar surface area (TPSA) is 49.7 Å².